The molecule has 0 saturated carbocycles. The molecule has 2 unspecified atom stereocenters. The lowest BCUT2D eigenvalue weighted by atomic mass is 10.0. The Morgan fingerprint density at radius 2 is 2.15 bits per heavy atom. The van der Waals surface area contributed by atoms with Crippen molar-refractivity contribution < 1.29 is 14.6 Å². The molecule has 1 aromatic carbocycles. The van der Waals surface area contributed by atoms with Crippen LogP contribution in [0, 0.1) is 17.8 Å². The quantitative estimate of drug-likeness (QED) is 0.844. The van der Waals surface area contributed by atoms with E-state index < -0.39 is 11.9 Å². The Kier molecular flexibility index (Phi) is 5.16. The van der Waals surface area contributed by atoms with E-state index in [2.05, 4.69) is 16.7 Å². The number of carboxylic acid groups (broad SMARTS) is 1. The van der Waals surface area contributed by atoms with E-state index in [1.807, 2.05) is 37.3 Å². The fourth-order valence-corrected chi connectivity index (χ4v) is 2.37. The van der Waals surface area contributed by atoms with Crippen LogP contribution in [-0.4, -0.2) is 48.3 Å². The maximum Gasteiger partial charge on any atom is 0.310 e. The van der Waals surface area contributed by atoms with Crippen LogP contribution in [0.2, 0.25) is 0 Å². The first kappa shape index (κ1) is 14.6. The Morgan fingerprint density at radius 3 is 2.80 bits per heavy atom. The largest absolute Gasteiger partial charge is 0.481 e. The van der Waals surface area contributed by atoms with Crippen LogP contribution in [0.3, 0.4) is 0 Å². The maximum absolute atomic E-state index is 11.2. The van der Waals surface area contributed by atoms with E-state index in [4.69, 9.17) is 4.74 Å². The molecule has 0 amide bonds. The third-order valence-electron chi connectivity index (χ3n) is 3.53. The first-order valence-electron chi connectivity index (χ1n) is 6.81. The molecule has 2 atom stereocenters. The Morgan fingerprint density at radius 1 is 1.40 bits per heavy atom. The van der Waals surface area contributed by atoms with E-state index in [-0.39, 0.29) is 6.04 Å². The molecule has 1 N–H and O–H groups in total. The maximum atomic E-state index is 11.2. The molecule has 1 fully saturated rings. The minimum atomic E-state index is -0.790. The third kappa shape index (κ3) is 3.60. The fourth-order valence-electron chi connectivity index (χ4n) is 2.37. The van der Waals surface area contributed by atoms with Crippen LogP contribution < -0.4 is 0 Å². The van der Waals surface area contributed by atoms with E-state index in [1.54, 1.807) is 0 Å². The molecular weight excluding hydrogens is 254 g/mol. The van der Waals surface area contributed by atoms with Crippen molar-refractivity contribution >= 4 is 5.97 Å². The highest BCUT2D eigenvalue weighted by Gasteiger charge is 2.37. The molecule has 0 bridgehead atoms. The highest BCUT2D eigenvalue weighted by Crippen LogP contribution is 2.19. The molecule has 1 saturated heterocycles. The lowest BCUT2D eigenvalue weighted by Crippen LogP contribution is -2.43. The van der Waals surface area contributed by atoms with Gasteiger partial charge >= 0.3 is 5.97 Å². The Balaban J connectivity index is 1.99. The monoisotopic (exact) mass is 273 g/mol. The Labute approximate surface area is 119 Å². The average Bonchev–Trinajstić information content (AvgIpc) is 2.94. The van der Waals surface area contributed by atoms with Crippen LogP contribution in [0.5, 0.6) is 0 Å². The van der Waals surface area contributed by atoms with Crippen molar-refractivity contribution in [3.63, 3.8) is 0 Å². The zero-order valence-electron chi connectivity index (χ0n) is 11.6. The van der Waals surface area contributed by atoms with E-state index in [1.165, 1.54) is 0 Å². The molecule has 1 heterocycles. The number of ether oxygens (including phenoxy) is 1. The molecule has 4 heteroatoms. The third-order valence-corrected chi connectivity index (χ3v) is 3.53. The second-order valence-corrected chi connectivity index (χ2v) is 4.78. The van der Waals surface area contributed by atoms with Gasteiger partial charge in [-0.2, -0.15) is 0 Å². The van der Waals surface area contributed by atoms with Gasteiger partial charge in [0, 0.05) is 11.6 Å². The Bertz CT molecular complexity index is 503. The molecule has 1 aliphatic rings. The smallest absolute Gasteiger partial charge is 0.310 e. The van der Waals surface area contributed by atoms with Gasteiger partial charge in [-0.15, -0.1) is 0 Å². The van der Waals surface area contributed by atoms with Gasteiger partial charge in [0.05, 0.1) is 25.7 Å². The number of likely N-dealkylation sites (N-methyl/N-ethyl adjacent to an activating group) is 1. The minimum absolute atomic E-state index is 0.0810. The molecule has 2 rings (SSSR count). The van der Waals surface area contributed by atoms with Crippen LogP contribution in [-0.2, 0) is 9.53 Å². The van der Waals surface area contributed by atoms with E-state index in [0.717, 1.165) is 12.1 Å². The SMILES string of the molecule is CCN(CC#Cc1ccccc1)C1COCC1C(=O)O. The van der Waals surface area contributed by atoms with E-state index in [0.29, 0.717) is 19.8 Å². The van der Waals surface area contributed by atoms with Gasteiger partial charge in [0.15, 0.2) is 0 Å². The zero-order chi connectivity index (χ0) is 14.4. The summed E-state index contributed by atoms with van der Waals surface area (Å²) in [6.07, 6.45) is 0. The van der Waals surface area contributed by atoms with Crippen LogP contribution in [0.25, 0.3) is 0 Å². The first-order valence-corrected chi connectivity index (χ1v) is 6.81. The molecular formula is C16H19NO3. The molecule has 0 spiro atoms. The Hall–Kier alpha value is -1.83. The predicted octanol–water partition coefficient (Wildman–Crippen LogP) is 1.46. The molecule has 0 radical (unpaired) electrons. The van der Waals surface area contributed by atoms with Crippen LogP contribution in [0.15, 0.2) is 30.3 Å². The molecule has 20 heavy (non-hydrogen) atoms. The average molecular weight is 273 g/mol. The zero-order valence-corrected chi connectivity index (χ0v) is 11.6. The van der Waals surface area contributed by atoms with Crippen LogP contribution in [0.1, 0.15) is 12.5 Å². The van der Waals surface area contributed by atoms with Crippen molar-refractivity contribution in [2.45, 2.75) is 13.0 Å². The topological polar surface area (TPSA) is 49.8 Å². The number of aliphatic carboxylic acids is 1. The summed E-state index contributed by atoms with van der Waals surface area (Å²) in [6, 6.07) is 9.70. The summed E-state index contributed by atoms with van der Waals surface area (Å²) in [5.74, 6) is 4.97. The summed E-state index contributed by atoms with van der Waals surface area (Å²) in [7, 11) is 0. The van der Waals surface area contributed by atoms with Crippen LogP contribution in [0.4, 0.5) is 0 Å². The molecule has 106 valence electrons. The second kappa shape index (κ2) is 7.09. The lowest BCUT2D eigenvalue weighted by Gasteiger charge is -2.26. The van der Waals surface area contributed by atoms with Crippen molar-refractivity contribution in [1.29, 1.82) is 0 Å². The number of hydrogen-bond donors (Lipinski definition) is 1. The fraction of sp³-hybridized carbons (Fsp3) is 0.438. The predicted molar refractivity (Wildman–Crippen MR) is 76.3 cm³/mol. The summed E-state index contributed by atoms with van der Waals surface area (Å²) >= 11 is 0. The van der Waals surface area contributed by atoms with Gasteiger partial charge in [0.1, 0.15) is 0 Å². The van der Waals surface area contributed by atoms with Gasteiger partial charge in [-0.3, -0.25) is 9.69 Å². The van der Waals surface area contributed by atoms with Gasteiger partial charge in [-0.25, -0.2) is 0 Å². The summed E-state index contributed by atoms with van der Waals surface area (Å²) in [4.78, 5) is 13.3. The number of carboxylic acids is 1. The van der Waals surface area contributed by atoms with Crippen molar-refractivity contribution in [2.24, 2.45) is 5.92 Å². The summed E-state index contributed by atoms with van der Waals surface area (Å²) in [5, 5.41) is 9.19. The van der Waals surface area contributed by atoms with Crippen molar-refractivity contribution in [3.05, 3.63) is 35.9 Å². The number of nitrogens with zero attached hydrogens (tertiary/aromatic N) is 1. The van der Waals surface area contributed by atoms with Crippen molar-refractivity contribution in [1.82, 2.24) is 4.90 Å². The summed E-state index contributed by atoms with van der Waals surface area (Å²) in [5.41, 5.74) is 0.973. The van der Waals surface area contributed by atoms with Crippen molar-refractivity contribution in [2.75, 3.05) is 26.3 Å². The van der Waals surface area contributed by atoms with Crippen molar-refractivity contribution in [3.8, 4) is 11.8 Å². The molecule has 0 aromatic heterocycles. The minimum Gasteiger partial charge on any atom is -0.481 e. The van der Waals surface area contributed by atoms with E-state index in [9.17, 15) is 9.90 Å². The normalized spacial score (nSPS) is 21.5. The highest BCUT2D eigenvalue weighted by atomic mass is 16.5. The first-order chi connectivity index (χ1) is 9.72. The summed E-state index contributed by atoms with van der Waals surface area (Å²) in [6.45, 7) is 4.10. The van der Waals surface area contributed by atoms with Gasteiger partial charge < -0.3 is 9.84 Å². The molecule has 1 aliphatic heterocycles. The van der Waals surface area contributed by atoms with Gasteiger partial charge in [0.2, 0.25) is 0 Å². The molecule has 0 aliphatic carbocycles. The van der Waals surface area contributed by atoms with Gasteiger partial charge in [-0.1, -0.05) is 37.0 Å². The van der Waals surface area contributed by atoms with Gasteiger partial charge in [-0.05, 0) is 18.7 Å². The van der Waals surface area contributed by atoms with E-state index >= 15 is 0 Å². The number of hydrogen-bond acceptors (Lipinski definition) is 3. The number of benzene rings is 1. The molecule has 1 aromatic rings. The number of rotatable bonds is 4. The second-order valence-electron chi connectivity index (χ2n) is 4.78. The number of carbonyl (C=O) groups is 1. The lowest BCUT2D eigenvalue weighted by molar-refractivity contribution is -0.143. The summed E-state index contributed by atoms with van der Waals surface area (Å²) < 4.78 is 5.31. The molecule has 4 nitrogen and oxygen atoms in total. The van der Waals surface area contributed by atoms with Gasteiger partial charge in [0.25, 0.3) is 0 Å². The van der Waals surface area contributed by atoms with Crippen LogP contribution >= 0.6 is 0 Å². The highest BCUT2D eigenvalue weighted by molar-refractivity contribution is 5.71. The standard InChI is InChI=1S/C16H19NO3/c1-2-17(15-12-20-11-14(15)16(18)19)10-6-9-13-7-4-3-5-8-13/h3-5,7-8,14-15H,2,10-12H2,1H3,(H,18,19).